The van der Waals surface area contributed by atoms with Gasteiger partial charge in [-0.1, -0.05) is 12.2 Å². The van der Waals surface area contributed by atoms with Crippen molar-refractivity contribution in [2.24, 2.45) is 0 Å². The summed E-state index contributed by atoms with van der Waals surface area (Å²) in [6.45, 7) is -0.330. The second-order valence-corrected chi connectivity index (χ2v) is 4.65. The number of nitrogens with zero attached hydrogens (tertiary/aromatic N) is 3. The fourth-order valence-electron chi connectivity index (χ4n) is 2.12. The van der Waals surface area contributed by atoms with Gasteiger partial charge in [-0.2, -0.15) is 10.2 Å². The topological polar surface area (TPSA) is 134 Å². The van der Waals surface area contributed by atoms with Crippen molar-refractivity contribution in [1.82, 2.24) is 9.55 Å². The molecule has 1 fully saturated rings. The van der Waals surface area contributed by atoms with Crippen LogP contribution in [-0.4, -0.2) is 38.6 Å². The van der Waals surface area contributed by atoms with Crippen molar-refractivity contribution in [3.05, 3.63) is 28.3 Å². The van der Waals surface area contributed by atoms with Crippen molar-refractivity contribution >= 4 is 11.9 Å². The van der Waals surface area contributed by atoms with Crippen molar-refractivity contribution < 1.29 is 14.9 Å². The lowest BCUT2D eigenvalue weighted by Crippen LogP contribution is -2.28. The van der Waals surface area contributed by atoms with Crippen LogP contribution in [0, 0.1) is 11.3 Å². The van der Waals surface area contributed by atoms with Gasteiger partial charge in [0, 0.05) is 18.2 Å². The number of aliphatic hydroxyl groups excluding tert-OH is 2. The number of hydrogen-bond acceptors (Lipinski definition) is 7. The summed E-state index contributed by atoms with van der Waals surface area (Å²) < 4.78 is 6.64. The van der Waals surface area contributed by atoms with Crippen molar-refractivity contribution in [1.29, 1.82) is 5.26 Å². The van der Waals surface area contributed by atoms with E-state index >= 15 is 0 Å². The maximum Gasteiger partial charge on any atom is 0.351 e. The monoisotopic (exact) mass is 292 g/mol. The summed E-state index contributed by atoms with van der Waals surface area (Å²) in [5, 5.41) is 27.3. The van der Waals surface area contributed by atoms with Gasteiger partial charge in [0.15, 0.2) is 0 Å². The second-order valence-electron chi connectivity index (χ2n) is 4.65. The van der Waals surface area contributed by atoms with Gasteiger partial charge in [0.25, 0.3) is 0 Å². The minimum Gasteiger partial charge on any atom is -0.394 e. The summed E-state index contributed by atoms with van der Waals surface area (Å²) in [5.41, 5.74) is 5.55. The van der Waals surface area contributed by atoms with E-state index in [9.17, 15) is 9.90 Å². The Labute approximate surface area is 120 Å². The Bertz CT molecular complexity index is 634. The maximum absolute atomic E-state index is 11.9. The van der Waals surface area contributed by atoms with Crippen LogP contribution in [-0.2, 0) is 4.74 Å². The number of ether oxygens (including phenoxy) is 1. The standard InChI is InChI=1S/C13H16N4O4/c14-4-2-1-3-8-6-17(13(20)16-12(8)15)11-5-9(19)10(7-18)21-11/h1,3,6,9-11,18-19H,2,5,7H2,(H2,15,16,20)/t9?,10-,11-/m1/s1. The van der Waals surface area contributed by atoms with E-state index < -0.39 is 24.1 Å². The van der Waals surface area contributed by atoms with Gasteiger partial charge in [0.2, 0.25) is 0 Å². The predicted molar refractivity (Wildman–Crippen MR) is 73.8 cm³/mol. The van der Waals surface area contributed by atoms with Crippen LogP contribution in [0.1, 0.15) is 24.6 Å². The van der Waals surface area contributed by atoms with Crippen molar-refractivity contribution in [3.63, 3.8) is 0 Å². The largest absolute Gasteiger partial charge is 0.394 e. The Kier molecular flexibility index (Phi) is 4.70. The van der Waals surface area contributed by atoms with E-state index in [0.717, 1.165) is 0 Å². The molecule has 1 aliphatic rings. The normalized spacial score (nSPS) is 25.3. The van der Waals surface area contributed by atoms with Crippen LogP contribution >= 0.6 is 0 Å². The third-order valence-corrected chi connectivity index (χ3v) is 3.21. The summed E-state index contributed by atoms with van der Waals surface area (Å²) in [6.07, 6.45) is 2.77. The number of allylic oxidation sites excluding steroid dienone is 1. The van der Waals surface area contributed by atoms with Gasteiger partial charge < -0.3 is 20.7 Å². The van der Waals surface area contributed by atoms with Crippen LogP contribution in [0.5, 0.6) is 0 Å². The molecule has 0 bridgehead atoms. The van der Waals surface area contributed by atoms with Crippen LogP contribution < -0.4 is 11.4 Å². The van der Waals surface area contributed by atoms with E-state index in [1.165, 1.54) is 10.8 Å². The van der Waals surface area contributed by atoms with Gasteiger partial charge in [-0.3, -0.25) is 4.57 Å². The highest BCUT2D eigenvalue weighted by Gasteiger charge is 2.35. The van der Waals surface area contributed by atoms with E-state index in [0.29, 0.717) is 5.56 Å². The highest BCUT2D eigenvalue weighted by atomic mass is 16.5. The van der Waals surface area contributed by atoms with Gasteiger partial charge >= 0.3 is 5.69 Å². The smallest absolute Gasteiger partial charge is 0.351 e. The molecule has 1 unspecified atom stereocenters. The van der Waals surface area contributed by atoms with Gasteiger partial charge in [-0.05, 0) is 0 Å². The zero-order chi connectivity index (χ0) is 15.4. The summed E-state index contributed by atoms with van der Waals surface area (Å²) in [5.74, 6) is 0.0580. The highest BCUT2D eigenvalue weighted by molar-refractivity contribution is 5.59. The molecule has 4 N–H and O–H groups in total. The van der Waals surface area contributed by atoms with Crippen LogP contribution in [0.2, 0.25) is 0 Å². The molecule has 8 heteroatoms. The minimum atomic E-state index is -0.845. The van der Waals surface area contributed by atoms with Gasteiger partial charge in [0.05, 0.1) is 25.2 Å². The number of aromatic nitrogens is 2. The molecule has 0 aromatic carbocycles. The van der Waals surface area contributed by atoms with E-state index in [1.54, 1.807) is 12.2 Å². The summed E-state index contributed by atoms with van der Waals surface area (Å²) in [6, 6.07) is 1.96. The quantitative estimate of drug-likeness (QED) is 0.674. The lowest BCUT2D eigenvalue weighted by molar-refractivity contribution is -0.0458. The molecule has 0 aliphatic carbocycles. The molecule has 2 rings (SSSR count). The molecule has 21 heavy (non-hydrogen) atoms. The number of rotatable bonds is 4. The van der Waals surface area contributed by atoms with E-state index in [4.69, 9.17) is 20.8 Å². The highest BCUT2D eigenvalue weighted by Crippen LogP contribution is 2.27. The lowest BCUT2D eigenvalue weighted by Gasteiger charge is -2.15. The Morgan fingerprint density at radius 2 is 2.43 bits per heavy atom. The average Bonchev–Trinajstić information content (AvgIpc) is 2.82. The van der Waals surface area contributed by atoms with Crippen molar-refractivity contribution in [2.45, 2.75) is 31.3 Å². The zero-order valence-corrected chi connectivity index (χ0v) is 11.2. The molecule has 0 spiro atoms. The van der Waals surface area contributed by atoms with E-state index in [2.05, 4.69) is 4.98 Å². The lowest BCUT2D eigenvalue weighted by atomic mass is 10.2. The van der Waals surface area contributed by atoms with E-state index in [-0.39, 0.29) is 25.3 Å². The molecular weight excluding hydrogens is 276 g/mol. The summed E-state index contributed by atoms with van der Waals surface area (Å²) in [7, 11) is 0. The Hall–Kier alpha value is -2.21. The maximum atomic E-state index is 11.9. The Morgan fingerprint density at radius 3 is 3.05 bits per heavy atom. The van der Waals surface area contributed by atoms with Crippen LogP contribution in [0.15, 0.2) is 17.1 Å². The van der Waals surface area contributed by atoms with Gasteiger partial charge in [0.1, 0.15) is 18.1 Å². The molecule has 0 amide bonds. The first kappa shape index (κ1) is 15.2. The van der Waals surface area contributed by atoms with Crippen LogP contribution in [0.4, 0.5) is 5.82 Å². The molecule has 2 heterocycles. The molecule has 1 aromatic heterocycles. The fourth-order valence-corrected chi connectivity index (χ4v) is 2.12. The molecule has 1 saturated heterocycles. The number of nitriles is 1. The van der Waals surface area contributed by atoms with Crippen LogP contribution in [0.25, 0.3) is 6.08 Å². The predicted octanol–water partition coefficient (Wildman–Crippen LogP) is -0.607. The number of nitrogen functional groups attached to an aromatic ring is 1. The van der Waals surface area contributed by atoms with E-state index in [1.807, 2.05) is 6.07 Å². The van der Waals surface area contributed by atoms with Crippen molar-refractivity contribution in [2.75, 3.05) is 12.3 Å². The average molecular weight is 292 g/mol. The third kappa shape index (κ3) is 3.28. The number of anilines is 1. The van der Waals surface area contributed by atoms with Crippen LogP contribution in [0.3, 0.4) is 0 Å². The first-order valence-corrected chi connectivity index (χ1v) is 6.43. The minimum absolute atomic E-state index is 0.0580. The number of nitrogens with two attached hydrogens (primary N) is 1. The SMILES string of the molecule is N#CCC=Cc1cn([C@H]2CC(O)[C@@H](CO)O2)c(=O)nc1N. The third-order valence-electron chi connectivity index (χ3n) is 3.21. The molecule has 112 valence electrons. The first-order valence-electron chi connectivity index (χ1n) is 6.43. The Morgan fingerprint density at radius 1 is 1.67 bits per heavy atom. The first-order chi connectivity index (χ1) is 10.1. The van der Waals surface area contributed by atoms with Gasteiger partial charge in [-0.25, -0.2) is 4.79 Å². The second kappa shape index (κ2) is 6.49. The van der Waals surface area contributed by atoms with Crippen molar-refractivity contribution in [3.8, 4) is 6.07 Å². The zero-order valence-electron chi connectivity index (χ0n) is 11.2. The fraction of sp³-hybridized carbons (Fsp3) is 0.462. The molecular formula is C13H16N4O4. The number of aliphatic hydroxyl groups is 2. The molecule has 1 aromatic rings. The molecule has 8 nitrogen and oxygen atoms in total. The molecule has 3 atom stereocenters. The van der Waals surface area contributed by atoms with Gasteiger partial charge in [-0.15, -0.1) is 0 Å². The summed E-state index contributed by atoms with van der Waals surface area (Å²) >= 11 is 0. The molecule has 0 saturated carbocycles. The molecule has 0 radical (unpaired) electrons. The number of hydrogen-bond donors (Lipinski definition) is 3. The Balaban J connectivity index is 2.30. The molecule has 1 aliphatic heterocycles. The summed E-state index contributed by atoms with van der Waals surface area (Å²) in [4.78, 5) is 15.6.